The van der Waals surface area contributed by atoms with Gasteiger partial charge in [-0.3, -0.25) is 19.2 Å². The van der Waals surface area contributed by atoms with Crippen molar-refractivity contribution >= 4 is 35.2 Å². The number of aromatic hydroxyl groups is 1. The molecular formula is C24H24N2O8. The third-order valence-corrected chi connectivity index (χ3v) is 6.83. The van der Waals surface area contributed by atoms with Crippen LogP contribution in [0.3, 0.4) is 0 Å². The van der Waals surface area contributed by atoms with E-state index in [1.165, 1.54) is 23.1 Å². The van der Waals surface area contributed by atoms with Crippen molar-refractivity contribution in [2.75, 3.05) is 14.1 Å². The minimum atomic E-state index is -2.60. The molecule has 3 aliphatic carbocycles. The van der Waals surface area contributed by atoms with Gasteiger partial charge in [-0.15, -0.1) is 0 Å². The van der Waals surface area contributed by atoms with E-state index < -0.39 is 52.0 Å². The fraction of sp³-hybridized carbons (Fsp3) is 0.333. The van der Waals surface area contributed by atoms with Gasteiger partial charge in [0.05, 0.1) is 5.56 Å². The summed E-state index contributed by atoms with van der Waals surface area (Å²) in [6.45, 7) is 0. The number of phenols is 1. The van der Waals surface area contributed by atoms with Crippen molar-refractivity contribution in [3.8, 4) is 5.75 Å². The summed E-state index contributed by atoms with van der Waals surface area (Å²) in [4.78, 5) is 50.9. The number of aliphatic hydroxyl groups is 3. The smallest absolute Gasteiger partial charge is 0.255 e. The molecule has 0 aliphatic heterocycles. The molecule has 0 aromatic heterocycles. The van der Waals surface area contributed by atoms with Crippen molar-refractivity contribution in [3.63, 3.8) is 0 Å². The number of ketones is 2. The van der Waals surface area contributed by atoms with Gasteiger partial charge in [0.15, 0.2) is 11.4 Å². The Morgan fingerprint density at radius 2 is 1.82 bits per heavy atom. The van der Waals surface area contributed by atoms with E-state index in [0.717, 1.165) is 0 Å². The van der Waals surface area contributed by atoms with E-state index in [-0.39, 0.29) is 42.1 Å². The number of hydrogen-bond donors (Lipinski definition) is 5. The van der Waals surface area contributed by atoms with Crippen molar-refractivity contribution in [1.29, 1.82) is 0 Å². The Morgan fingerprint density at radius 3 is 2.44 bits per heavy atom. The van der Waals surface area contributed by atoms with E-state index in [0.29, 0.717) is 11.1 Å². The zero-order valence-electron chi connectivity index (χ0n) is 18.5. The van der Waals surface area contributed by atoms with Gasteiger partial charge in [0.1, 0.15) is 22.8 Å². The number of carbonyl (C=O) groups is 4. The first-order valence-electron chi connectivity index (χ1n) is 10.6. The number of benzene rings is 1. The first kappa shape index (κ1) is 23.2. The van der Waals surface area contributed by atoms with Gasteiger partial charge in [-0.1, -0.05) is 6.07 Å². The first-order valence-corrected chi connectivity index (χ1v) is 10.6. The minimum absolute atomic E-state index is 0.0217. The van der Waals surface area contributed by atoms with Gasteiger partial charge in [0.25, 0.3) is 5.91 Å². The highest BCUT2D eigenvalue weighted by Gasteiger charge is 2.60. The summed E-state index contributed by atoms with van der Waals surface area (Å²) in [7, 11) is 3.18. The first-order chi connectivity index (χ1) is 15.9. The zero-order valence-corrected chi connectivity index (χ0v) is 18.5. The second-order valence-corrected chi connectivity index (χ2v) is 9.00. The standard InChI is InChI=1S/C24H24N2O8/c1-26(2)16(29)6-4-10-3-5-14(27)18-13(10)8-11-7-12-9-15(28)19(23(25)33)22(32)24(12,34)21(31)17(11)20(18)30/h3-6,11-12,27,30,32,34H,7-9H2,1-2H3,(H2,25,33)/b6-4+. The van der Waals surface area contributed by atoms with Crippen LogP contribution < -0.4 is 5.73 Å². The Morgan fingerprint density at radius 1 is 1.15 bits per heavy atom. The van der Waals surface area contributed by atoms with E-state index in [4.69, 9.17) is 5.73 Å². The Labute approximate surface area is 194 Å². The molecule has 1 aromatic rings. The average molecular weight is 468 g/mol. The van der Waals surface area contributed by atoms with Crippen LogP contribution in [-0.4, -0.2) is 68.4 Å². The molecule has 0 radical (unpaired) electrons. The van der Waals surface area contributed by atoms with Crippen molar-refractivity contribution in [2.24, 2.45) is 17.6 Å². The van der Waals surface area contributed by atoms with Crippen LogP contribution >= 0.6 is 0 Å². The maximum absolute atomic E-state index is 13.4. The maximum atomic E-state index is 13.4. The summed E-state index contributed by atoms with van der Waals surface area (Å²) < 4.78 is 0. The fourth-order valence-electron chi connectivity index (χ4n) is 5.11. The molecular weight excluding hydrogens is 444 g/mol. The topological polar surface area (TPSA) is 178 Å². The Balaban J connectivity index is 1.87. The molecule has 178 valence electrons. The monoisotopic (exact) mass is 468 g/mol. The summed E-state index contributed by atoms with van der Waals surface area (Å²) in [5.74, 6) is -7.04. The Bertz CT molecular complexity index is 1260. The van der Waals surface area contributed by atoms with Gasteiger partial charge in [-0.25, -0.2) is 0 Å². The molecule has 3 atom stereocenters. The van der Waals surface area contributed by atoms with Gasteiger partial charge in [0.2, 0.25) is 11.7 Å². The number of hydrogen-bond acceptors (Lipinski definition) is 8. The largest absolute Gasteiger partial charge is 0.508 e. The van der Waals surface area contributed by atoms with Crippen LogP contribution in [-0.2, 0) is 25.6 Å². The predicted molar refractivity (Wildman–Crippen MR) is 119 cm³/mol. The van der Waals surface area contributed by atoms with E-state index in [1.807, 2.05) is 0 Å². The van der Waals surface area contributed by atoms with E-state index in [2.05, 4.69) is 0 Å². The number of aliphatic hydroxyl groups excluding tert-OH is 2. The lowest BCUT2D eigenvalue weighted by Crippen LogP contribution is -2.58. The molecule has 1 saturated carbocycles. The van der Waals surface area contributed by atoms with Crippen molar-refractivity contribution in [2.45, 2.75) is 24.9 Å². The summed E-state index contributed by atoms with van der Waals surface area (Å²) in [5, 5.41) is 43.3. The lowest BCUT2D eigenvalue weighted by Gasteiger charge is -2.46. The number of fused-ring (bicyclic) bond motifs is 3. The Hall–Kier alpha value is -3.92. The number of nitrogens with zero attached hydrogens (tertiary/aromatic N) is 1. The number of nitrogens with two attached hydrogens (primary N) is 1. The lowest BCUT2D eigenvalue weighted by atomic mass is 9.59. The molecule has 1 fully saturated rings. The predicted octanol–water partition coefficient (Wildman–Crippen LogP) is 0.525. The van der Waals surface area contributed by atoms with E-state index in [1.54, 1.807) is 20.2 Å². The molecule has 0 spiro atoms. The minimum Gasteiger partial charge on any atom is -0.508 e. The molecule has 0 heterocycles. The van der Waals surface area contributed by atoms with Crippen LogP contribution in [0.1, 0.15) is 29.5 Å². The van der Waals surface area contributed by atoms with Gasteiger partial charge >= 0.3 is 0 Å². The number of primary amides is 1. The molecule has 10 nitrogen and oxygen atoms in total. The fourth-order valence-corrected chi connectivity index (χ4v) is 5.11. The highest BCUT2D eigenvalue weighted by molar-refractivity contribution is 6.22. The van der Waals surface area contributed by atoms with Crippen LogP contribution in [0.4, 0.5) is 0 Å². The highest BCUT2D eigenvalue weighted by Crippen LogP contribution is 2.52. The molecule has 10 heteroatoms. The second-order valence-electron chi connectivity index (χ2n) is 9.00. The highest BCUT2D eigenvalue weighted by atomic mass is 16.3. The average Bonchev–Trinajstić information content (AvgIpc) is 2.75. The number of carbonyl (C=O) groups excluding carboxylic acids is 4. The van der Waals surface area contributed by atoms with Crippen LogP contribution in [0.5, 0.6) is 5.75 Å². The number of amides is 2. The number of likely N-dealkylation sites (N-methyl/N-ethyl adjacent to an activating group) is 1. The number of phenolic OH excluding ortho intramolecular Hbond substituents is 1. The molecule has 0 bridgehead atoms. The zero-order chi connectivity index (χ0) is 25.1. The van der Waals surface area contributed by atoms with Crippen molar-refractivity contribution in [1.82, 2.24) is 4.90 Å². The maximum Gasteiger partial charge on any atom is 0.255 e. The van der Waals surface area contributed by atoms with E-state index in [9.17, 15) is 39.6 Å². The summed E-state index contributed by atoms with van der Waals surface area (Å²) in [6.07, 6.45) is 2.70. The van der Waals surface area contributed by atoms with Crippen LogP contribution in [0.25, 0.3) is 11.8 Å². The number of rotatable bonds is 3. The molecule has 3 unspecified atom stereocenters. The molecule has 6 N–H and O–H groups in total. The summed E-state index contributed by atoms with van der Waals surface area (Å²) >= 11 is 0. The van der Waals surface area contributed by atoms with Crippen molar-refractivity contribution in [3.05, 3.63) is 51.8 Å². The summed E-state index contributed by atoms with van der Waals surface area (Å²) in [5.41, 5.74) is 2.55. The third kappa shape index (κ3) is 3.21. The summed E-state index contributed by atoms with van der Waals surface area (Å²) in [6, 6.07) is 2.88. The molecule has 4 rings (SSSR count). The van der Waals surface area contributed by atoms with Gasteiger partial charge < -0.3 is 31.1 Å². The van der Waals surface area contributed by atoms with Crippen LogP contribution in [0.15, 0.2) is 35.1 Å². The Kier molecular flexibility index (Phi) is 5.36. The third-order valence-electron chi connectivity index (χ3n) is 6.83. The molecule has 3 aliphatic rings. The molecule has 0 saturated heterocycles. The van der Waals surface area contributed by atoms with Crippen molar-refractivity contribution < 1.29 is 39.6 Å². The van der Waals surface area contributed by atoms with Gasteiger partial charge in [0, 0.05) is 38.1 Å². The van der Waals surface area contributed by atoms with Crippen LogP contribution in [0, 0.1) is 11.8 Å². The van der Waals surface area contributed by atoms with Gasteiger partial charge in [-0.05, 0) is 42.0 Å². The SMILES string of the molecule is CN(C)C(=O)/C=C/c1ccc(O)c2c1CC1CC3CC(=O)C(C(N)=O)=C(O)C3(O)C(=O)C1=C2O. The molecule has 1 aromatic carbocycles. The second kappa shape index (κ2) is 7.84. The molecule has 2 amide bonds. The molecule has 34 heavy (non-hydrogen) atoms. The number of Topliss-reactive ketones (excluding diaryl/α,β-unsaturated/α-hetero) is 2. The van der Waals surface area contributed by atoms with Gasteiger partial charge in [-0.2, -0.15) is 0 Å². The normalized spacial score (nSPS) is 26.3. The quantitative estimate of drug-likeness (QED) is 0.315. The van der Waals surface area contributed by atoms with E-state index >= 15 is 0 Å². The van der Waals surface area contributed by atoms with Crippen LogP contribution in [0.2, 0.25) is 0 Å². The lowest BCUT2D eigenvalue weighted by molar-refractivity contribution is -0.147.